The Hall–Kier alpha value is -1.00. The number of halogens is 2. The molecule has 104 valence electrons. The molecule has 0 spiro atoms. The van der Waals surface area contributed by atoms with Crippen LogP contribution in [0, 0.1) is 12.3 Å². The van der Waals surface area contributed by atoms with Gasteiger partial charge in [0.2, 0.25) is 5.91 Å². The summed E-state index contributed by atoms with van der Waals surface area (Å²) in [6.07, 6.45) is 1.95. The molecule has 1 aliphatic rings. The number of alkyl halides is 2. The molecule has 1 heterocycles. The number of aryl methyl sites for hydroxylation is 1. The van der Waals surface area contributed by atoms with Crippen LogP contribution in [0.25, 0.3) is 0 Å². The maximum atomic E-state index is 11.9. The quantitative estimate of drug-likeness (QED) is 0.620. The van der Waals surface area contributed by atoms with Crippen LogP contribution in [0.15, 0.2) is 23.2 Å². The first kappa shape index (κ1) is 14.4. The van der Waals surface area contributed by atoms with E-state index in [1.54, 1.807) is 17.9 Å². The number of aromatic nitrogens is 1. The fraction of sp³-hybridized carbons (Fsp3) is 0.538. The second kappa shape index (κ2) is 4.84. The third-order valence-corrected chi connectivity index (χ3v) is 4.61. The zero-order valence-corrected chi connectivity index (χ0v) is 12.5. The monoisotopic (exact) mass is 302 g/mol. The largest absolute Gasteiger partial charge is 0.361 e. The minimum Gasteiger partial charge on any atom is -0.361 e. The molecule has 0 aromatic carbocycles. The minimum atomic E-state index is -0.757. The number of hydrogen-bond donors (Lipinski definition) is 0. The maximum absolute atomic E-state index is 11.9. The first-order chi connectivity index (χ1) is 8.77. The average Bonchev–Trinajstić information content (AvgIpc) is 2.65. The van der Waals surface area contributed by atoms with Crippen LogP contribution >= 0.6 is 23.2 Å². The van der Waals surface area contributed by atoms with E-state index < -0.39 is 4.33 Å². The molecule has 1 unspecified atom stereocenters. The van der Waals surface area contributed by atoms with E-state index >= 15 is 0 Å². The summed E-state index contributed by atoms with van der Waals surface area (Å²) < 4.78 is 4.24. The van der Waals surface area contributed by atoms with E-state index in [2.05, 4.69) is 11.7 Å². The lowest BCUT2D eigenvalue weighted by molar-refractivity contribution is -0.127. The van der Waals surface area contributed by atoms with Gasteiger partial charge in [-0.1, -0.05) is 18.7 Å². The highest BCUT2D eigenvalue weighted by molar-refractivity contribution is 6.51. The Morgan fingerprint density at radius 3 is 2.74 bits per heavy atom. The number of rotatable bonds is 5. The van der Waals surface area contributed by atoms with Crippen molar-refractivity contribution in [3.63, 3.8) is 0 Å². The molecular weight excluding hydrogens is 287 g/mol. The maximum Gasteiger partial charge on any atom is 0.246 e. The molecule has 1 fully saturated rings. The minimum absolute atomic E-state index is 0.169. The van der Waals surface area contributed by atoms with Gasteiger partial charge in [-0.3, -0.25) is 4.79 Å². The van der Waals surface area contributed by atoms with Crippen LogP contribution < -0.4 is 0 Å². The Labute approximate surface area is 122 Å². The Morgan fingerprint density at radius 2 is 2.32 bits per heavy atom. The van der Waals surface area contributed by atoms with E-state index in [4.69, 9.17) is 27.7 Å². The zero-order valence-electron chi connectivity index (χ0n) is 10.9. The van der Waals surface area contributed by atoms with Crippen LogP contribution in [0.5, 0.6) is 0 Å². The van der Waals surface area contributed by atoms with E-state index in [9.17, 15) is 4.79 Å². The average molecular weight is 303 g/mol. The van der Waals surface area contributed by atoms with Gasteiger partial charge in [0.05, 0.1) is 6.54 Å². The lowest BCUT2D eigenvalue weighted by Crippen LogP contribution is -2.35. The van der Waals surface area contributed by atoms with Gasteiger partial charge in [0, 0.05) is 18.0 Å². The summed E-state index contributed by atoms with van der Waals surface area (Å²) in [5.74, 6) is 0.542. The highest BCUT2D eigenvalue weighted by atomic mass is 35.5. The lowest BCUT2D eigenvalue weighted by Gasteiger charge is -2.24. The summed E-state index contributed by atoms with van der Waals surface area (Å²) in [6.45, 7) is 8.12. The smallest absolute Gasteiger partial charge is 0.246 e. The fourth-order valence-electron chi connectivity index (χ4n) is 2.07. The topological polar surface area (TPSA) is 46.3 Å². The predicted molar refractivity (Wildman–Crippen MR) is 74.0 cm³/mol. The molecule has 1 saturated carbocycles. The van der Waals surface area contributed by atoms with Crippen LogP contribution in [0.4, 0.5) is 0 Å². The molecule has 19 heavy (non-hydrogen) atoms. The molecule has 0 radical (unpaired) electrons. The van der Waals surface area contributed by atoms with E-state index in [1.165, 1.54) is 6.08 Å². The Morgan fingerprint density at radius 1 is 1.68 bits per heavy atom. The Balaban J connectivity index is 2.09. The molecule has 0 aliphatic heterocycles. The van der Waals surface area contributed by atoms with Gasteiger partial charge >= 0.3 is 0 Å². The number of nitrogens with zero attached hydrogens (tertiary/aromatic N) is 2. The Bertz CT molecular complexity index is 512. The normalized spacial score (nSPS) is 24.0. The molecule has 0 N–H and O–H groups in total. The van der Waals surface area contributed by atoms with Gasteiger partial charge < -0.3 is 9.42 Å². The molecule has 1 atom stereocenters. The van der Waals surface area contributed by atoms with Gasteiger partial charge in [-0.2, -0.15) is 0 Å². The van der Waals surface area contributed by atoms with Crippen LogP contribution in [-0.2, 0) is 11.3 Å². The first-order valence-electron chi connectivity index (χ1n) is 5.99. The molecule has 2 rings (SSSR count). The summed E-state index contributed by atoms with van der Waals surface area (Å²) >= 11 is 12.2. The van der Waals surface area contributed by atoms with Crippen molar-refractivity contribution >= 4 is 29.1 Å². The van der Waals surface area contributed by atoms with Gasteiger partial charge in [-0.05, 0) is 19.4 Å². The van der Waals surface area contributed by atoms with E-state index in [0.717, 1.165) is 0 Å². The molecule has 1 aromatic rings. The highest BCUT2D eigenvalue weighted by Crippen LogP contribution is 2.64. The van der Waals surface area contributed by atoms with Crippen molar-refractivity contribution < 1.29 is 9.32 Å². The van der Waals surface area contributed by atoms with Crippen LogP contribution in [0.3, 0.4) is 0 Å². The van der Waals surface area contributed by atoms with E-state index in [1.807, 2.05) is 6.92 Å². The molecule has 6 heteroatoms. The first-order valence-corrected chi connectivity index (χ1v) is 6.74. The summed E-state index contributed by atoms with van der Waals surface area (Å²) in [7, 11) is 0. The molecule has 1 aromatic heterocycles. The molecular formula is C13H16Cl2N2O2. The number of hydrogen-bond acceptors (Lipinski definition) is 3. The van der Waals surface area contributed by atoms with Crippen LogP contribution in [0.1, 0.15) is 24.8 Å². The summed E-state index contributed by atoms with van der Waals surface area (Å²) in [5.41, 5.74) is 0.416. The predicted octanol–water partition coefficient (Wildman–Crippen LogP) is 3.08. The number of carbonyl (C=O) groups excluding carboxylic acids is 1. The van der Waals surface area contributed by atoms with Gasteiger partial charge in [-0.15, -0.1) is 23.2 Å². The van der Waals surface area contributed by atoms with Gasteiger partial charge in [0.15, 0.2) is 0 Å². The molecule has 1 amide bonds. The van der Waals surface area contributed by atoms with Crippen molar-refractivity contribution in [1.29, 1.82) is 0 Å². The molecule has 0 saturated heterocycles. The SMILES string of the molecule is C=CC(=O)N(Cc1cc(C)on1)CC1(C)CC1(Cl)Cl. The fourth-order valence-corrected chi connectivity index (χ4v) is 2.78. The van der Waals surface area contributed by atoms with E-state index in [0.29, 0.717) is 31.0 Å². The zero-order chi connectivity index (χ0) is 14.3. The van der Waals surface area contributed by atoms with E-state index in [-0.39, 0.29) is 11.3 Å². The number of carbonyl (C=O) groups is 1. The van der Waals surface area contributed by atoms with Gasteiger partial charge in [0.1, 0.15) is 15.8 Å². The third kappa shape index (κ3) is 2.95. The van der Waals surface area contributed by atoms with Crippen molar-refractivity contribution in [2.24, 2.45) is 5.41 Å². The summed E-state index contributed by atoms with van der Waals surface area (Å²) in [6, 6.07) is 1.80. The second-order valence-corrected chi connectivity index (χ2v) is 6.75. The molecule has 0 bridgehead atoms. The highest BCUT2D eigenvalue weighted by Gasteiger charge is 2.63. The second-order valence-electron chi connectivity index (χ2n) is 5.27. The van der Waals surface area contributed by atoms with Crippen molar-refractivity contribution in [2.45, 2.75) is 31.1 Å². The van der Waals surface area contributed by atoms with Crippen LogP contribution in [-0.4, -0.2) is 26.8 Å². The van der Waals surface area contributed by atoms with Crippen molar-refractivity contribution in [1.82, 2.24) is 10.1 Å². The van der Waals surface area contributed by atoms with Crippen LogP contribution in [0.2, 0.25) is 0 Å². The van der Waals surface area contributed by atoms with Gasteiger partial charge in [0.25, 0.3) is 0 Å². The Kier molecular flexibility index (Phi) is 3.67. The summed E-state index contributed by atoms with van der Waals surface area (Å²) in [4.78, 5) is 13.5. The number of amides is 1. The van der Waals surface area contributed by atoms with Crippen molar-refractivity contribution in [3.8, 4) is 0 Å². The summed E-state index contributed by atoms with van der Waals surface area (Å²) in [5, 5.41) is 3.89. The third-order valence-electron chi connectivity index (χ3n) is 3.43. The molecule has 1 aliphatic carbocycles. The van der Waals surface area contributed by atoms with Gasteiger partial charge in [-0.25, -0.2) is 0 Å². The lowest BCUT2D eigenvalue weighted by atomic mass is 10.1. The van der Waals surface area contributed by atoms with Crippen molar-refractivity contribution in [3.05, 3.63) is 30.2 Å². The molecule has 4 nitrogen and oxygen atoms in total. The van der Waals surface area contributed by atoms with Crippen molar-refractivity contribution in [2.75, 3.05) is 6.54 Å². The standard InChI is InChI=1S/C13H16Cl2N2O2/c1-4-11(18)17(6-10-5-9(2)19-16-10)8-12(3)7-13(12,14)15/h4-5H,1,6-8H2,2-3H3.